The van der Waals surface area contributed by atoms with Crippen molar-refractivity contribution in [2.45, 2.75) is 143 Å². The standard InChI is InChI=1S/C11H13NO2.C10H11NO2.C9H13NO.C8H10O.C8H8O.6C2H6.CHO.2Y/c1-8-5-3-4-6-9(8)10-7-12(2)11(13)14-10;1-7-4-2-3-5-8(7)9-6-11-10(12)13-9;1-7-4-2-3-5-8(7)9(11)6-10;2*1-7-4-2-3-5-8(7)6-9;7*1-2;;/h3-6,10H,7H2,1-2H3;2-5,9H,6H2,1H3,(H,11,12);2-5,9,11H,6,10H2,1H3;2-5,9H,6H2,1H3;2-6H,1H3;6*1-2H3;1H;;/q;;;;;;;;;;;-1;;. The quantitative estimate of drug-likeness (QED) is 0.0955. The van der Waals surface area contributed by atoms with Crippen LogP contribution in [-0.2, 0) is 86.3 Å². The average Bonchev–Trinajstić information content (AvgIpc) is 4.02. The number of benzene rings is 5. The number of carbonyl (C=O) groups is 3. The van der Waals surface area contributed by atoms with Crippen molar-refractivity contribution in [1.29, 1.82) is 0 Å². The van der Waals surface area contributed by atoms with Crippen LogP contribution in [0.5, 0.6) is 0 Å². The fourth-order valence-corrected chi connectivity index (χ4v) is 5.79. The van der Waals surface area contributed by atoms with Gasteiger partial charge in [-0.2, -0.15) is 0 Å². The maximum absolute atomic E-state index is 11.2. The number of aryl methyl sites for hydroxylation is 5. The zero-order chi connectivity index (χ0) is 55.0. The van der Waals surface area contributed by atoms with Gasteiger partial charge in [0.15, 0.2) is 0 Å². The summed E-state index contributed by atoms with van der Waals surface area (Å²) in [4.78, 5) is 41.5. The Balaban J connectivity index is -0.000000138. The molecule has 2 saturated heterocycles. The van der Waals surface area contributed by atoms with Crippen LogP contribution in [0, 0.1) is 34.6 Å². The van der Waals surface area contributed by atoms with E-state index in [4.69, 9.17) is 25.1 Å². The summed E-state index contributed by atoms with van der Waals surface area (Å²) in [6.45, 7) is 38.8. The van der Waals surface area contributed by atoms with Crippen molar-refractivity contribution >= 4 is 25.3 Å². The van der Waals surface area contributed by atoms with E-state index in [9.17, 15) is 19.5 Å². The molecular formula is C59H92N3O8Y2-. The van der Waals surface area contributed by atoms with Gasteiger partial charge in [-0.05, 0) is 84.7 Å². The van der Waals surface area contributed by atoms with Gasteiger partial charge in [0.2, 0.25) is 0 Å². The first-order chi connectivity index (χ1) is 33.9. The first-order valence-corrected chi connectivity index (χ1v) is 24.7. The molecule has 5 N–H and O–H groups in total. The van der Waals surface area contributed by atoms with Crippen LogP contribution in [0.25, 0.3) is 0 Å². The minimum atomic E-state index is -0.517. The molecule has 2 heterocycles. The van der Waals surface area contributed by atoms with Gasteiger partial charge in [-0.1, -0.05) is 204 Å². The number of rotatable bonds is 6. The first-order valence-electron chi connectivity index (χ1n) is 24.7. The van der Waals surface area contributed by atoms with E-state index in [-0.39, 0.29) is 103 Å². The second-order valence-corrected chi connectivity index (χ2v) is 13.4. The number of aliphatic hydroxyl groups is 2. The van der Waals surface area contributed by atoms with Crippen LogP contribution >= 0.6 is 0 Å². The van der Waals surface area contributed by atoms with E-state index in [0.29, 0.717) is 13.1 Å². The van der Waals surface area contributed by atoms with Crippen LogP contribution in [0.1, 0.15) is 162 Å². The number of aliphatic hydroxyl groups excluding tert-OH is 2. The number of alkyl carbamates (subject to hydrolysis) is 1. The van der Waals surface area contributed by atoms with Crippen LogP contribution in [0.15, 0.2) is 121 Å². The van der Waals surface area contributed by atoms with Crippen LogP contribution in [0.4, 0.5) is 9.59 Å². The van der Waals surface area contributed by atoms with Crippen LogP contribution in [0.3, 0.4) is 0 Å². The topological polar surface area (TPSA) is 168 Å². The third-order valence-electron chi connectivity index (χ3n) is 9.26. The van der Waals surface area contributed by atoms with Crippen molar-refractivity contribution in [3.63, 3.8) is 0 Å². The van der Waals surface area contributed by atoms with Gasteiger partial charge in [-0.25, -0.2) is 9.59 Å². The van der Waals surface area contributed by atoms with Gasteiger partial charge in [0.05, 0.1) is 25.8 Å². The van der Waals surface area contributed by atoms with Gasteiger partial charge < -0.3 is 40.4 Å². The van der Waals surface area contributed by atoms with Crippen LogP contribution in [-0.4, -0.2) is 67.1 Å². The third-order valence-corrected chi connectivity index (χ3v) is 9.26. The molecule has 13 heteroatoms. The number of ether oxygens (including phenoxy) is 2. The Morgan fingerprint density at radius 2 is 1.00 bits per heavy atom. The average molecular weight is 1150 g/mol. The number of nitrogens with one attached hydrogen (secondary N) is 1. The molecule has 398 valence electrons. The summed E-state index contributed by atoms with van der Waals surface area (Å²) < 4.78 is 10.3. The molecule has 0 bridgehead atoms. The molecule has 3 atom stereocenters. The Bertz CT molecular complexity index is 2040. The van der Waals surface area contributed by atoms with E-state index in [0.717, 1.165) is 56.4 Å². The molecule has 72 heavy (non-hydrogen) atoms. The number of amides is 2. The maximum atomic E-state index is 11.2. The number of cyclic esters (lactones) is 2. The second-order valence-electron chi connectivity index (χ2n) is 13.4. The molecule has 0 saturated carbocycles. The Hall–Kier alpha value is -3.93. The zero-order valence-electron chi connectivity index (χ0n) is 47.3. The van der Waals surface area contributed by atoms with Crippen molar-refractivity contribution in [2.75, 3.05) is 26.7 Å². The van der Waals surface area contributed by atoms with Gasteiger partial charge in [0.25, 0.3) is 0 Å². The smallest absolute Gasteiger partial charge is 0.410 e. The van der Waals surface area contributed by atoms with Crippen molar-refractivity contribution in [1.82, 2.24) is 10.2 Å². The molecule has 2 fully saturated rings. The monoisotopic (exact) mass is 1150 g/mol. The molecule has 11 nitrogen and oxygen atoms in total. The van der Waals surface area contributed by atoms with E-state index < -0.39 is 6.10 Å². The molecule has 2 amide bonds. The molecule has 0 spiro atoms. The molecule has 5 aromatic carbocycles. The zero-order valence-corrected chi connectivity index (χ0v) is 53.0. The predicted octanol–water partition coefficient (Wildman–Crippen LogP) is 14.1. The third kappa shape index (κ3) is 34.5. The first kappa shape index (κ1) is 82.1. The SMILES string of the molecule is CC.CC.CC.CC.CC.CC.Cc1ccccc1C(O)CN.Cc1ccccc1C1CN(C)C(=O)O1.Cc1ccccc1C1CNC(=O)O1.Cc1ccccc1C=O.Cc1ccccc1CO.[CH-]=O.[Y].[Y]. The number of likely N-dealkylation sites (N-methyl/N-ethyl adjacent to an activating group) is 1. The number of carbonyl (C=O) groups excluding carboxylic acids is 4. The maximum Gasteiger partial charge on any atom is 0.410 e. The number of aldehydes is 1. The largest absolute Gasteiger partial charge is 0.545 e. The van der Waals surface area contributed by atoms with E-state index in [2.05, 4.69) is 12.1 Å². The van der Waals surface area contributed by atoms with Crippen LogP contribution in [0.2, 0.25) is 0 Å². The van der Waals surface area contributed by atoms with Gasteiger partial charge in [0.1, 0.15) is 18.5 Å². The molecule has 2 aliphatic rings. The fourth-order valence-electron chi connectivity index (χ4n) is 5.79. The Labute approximate surface area is 487 Å². The van der Waals surface area contributed by atoms with Crippen molar-refractivity contribution in [2.24, 2.45) is 5.73 Å². The van der Waals surface area contributed by atoms with E-state index >= 15 is 0 Å². The van der Waals surface area contributed by atoms with Gasteiger partial charge in [0, 0.05) is 84.6 Å². The number of hydrogen-bond acceptors (Lipinski definition) is 9. The summed E-state index contributed by atoms with van der Waals surface area (Å²) in [7, 11) is 1.75. The Kier molecular flexibility index (Phi) is 64.3. The number of nitrogens with two attached hydrogens (primary N) is 1. The Morgan fingerprint density at radius 1 is 0.611 bits per heavy atom. The van der Waals surface area contributed by atoms with Crippen molar-refractivity contribution in [3.8, 4) is 0 Å². The summed E-state index contributed by atoms with van der Waals surface area (Å²) in [5, 5.41) is 20.7. The molecule has 7 rings (SSSR count). The number of nitrogens with zero attached hydrogens (tertiary/aromatic N) is 1. The summed E-state index contributed by atoms with van der Waals surface area (Å²) in [6.07, 6.45) is -0.430. The molecule has 0 aliphatic carbocycles. The van der Waals surface area contributed by atoms with Crippen LogP contribution < -0.4 is 11.1 Å². The minimum Gasteiger partial charge on any atom is -0.545 e. The summed E-state index contributed by atoms with van der Waals surface area (Å²) >= 11 is 0. The molecule has 5 aromatic rings. The summed E-state index contributed by atoms with van der Waals surface area (Å²) in [5.74, 6) is 0. The molecule has 0 aromatic heterocycles. The second kappa shape index (κ2) is 56.4. The molecule has 2 aliphatic heterocycles. The van der Waals surface area contributed by atoms with Crippen molar-refractivity contribution in [3.05, 3.63) is 177 Å². The van der Waals surface area contributed by atoms with Gasteiger partial charge in [-0.3, -0.25) is 11.6 Å². The molecular weight excluding hydrogens is 1060 g/mol. The molecule has 2 radical (unpaired) electrons. The predicted molar refractivity (Wildman–Crippen MR) is 295 cm³/mol. The molecule has 3 unspecified atom stereocenters. The fraction of sp³-hybridized carbons (Fsp3) is 0.424. The summed E-state index contributed by atoms with van der Waals surface area (Å²) in [6, 6.07) is 38.9. The van der Waals surface area contributed by atoms with E-state index in [1.54, 1.807) is 11.9 Å². The van der Waals surface area contributed by atoms with E-state index in [1.165, 1.54) is 5.56 Å². The minimum absolute atomic E-state index is 0. The van der Waals surface area contributed by atoms with Crippen molar-refractivity contribution < 1.29 is 104 Å². The normalized spacial score (nSPS) is 12.8. The van der Waals surface area contributed by atoms with Gasteiger partial charge in [-0.15, -0.1) is 0 Å². The van der Waals surface area contributed by atoms with Gasteiger partial charge >= 0.3 is 12.2 Å². The number of hydrogen-bond donors (Lipinski definition) is 4. The summed E-state index contributed by atoms with van der Waals surface area (Å²) in [5.41, 5.74) is 15.8. The Morgan fingerprint density at radius 3 is 1.32 bits per heavy atom. The van der Waals surface area contributed by atoms with E-state index in [1.807, 2.05) is 239 Å².